The second-order valence-corrected chi connectivity index (χ2v) is 5.75. The minimum atomic E-state index is -0.934. The summed E-state index contributed by atoms with van der Waals surface area (Å²) < 4.78 is 0. The van der Waals surface area contributed by atoms with E-state index in [9.17, 15) is 9.59 Å². The topological polar surface area (TPSA) is 119 Å². The summed E-state index contributed by atoms with van der Waals surface area (Å²) in [6.45, 7) is 0. The number of carbonyl (C=O) groups excluding carboxylic acids is 1. The first-order chi connectivity index (χ1) is 12.5. The average molecular weight is 351 g/mol. The molecule has 6 heteroatoms. The molecule has 5 N–H and O–H groups in total. The van der Waals surface area contributed by atoms with Crippen LogP contribution in [0.3, 0.4) is 0 Å². The molecular formula is C20H21N3O3. The summed E-state index contributed by atoms with van der Waals surface area (Å²) in [4.78, 5) is 25.3. The fourth-order valence-electron chi connectivity index (χ4n) is 2.30. The predicted molar refractivity (Wildman–Crippen MR) is 101 cm³/mol. The number of hydrogen-bond acceptors (Lipinski definition) is 4. The highest BCUT2D eigenvalue weighted by molar-refractivity contribution is 5.96. The number of carboxylic acids is 1. The summed E-state index contributed by atoms with van der Waals surface area (Å²) >= 11 is 0. The maximum absolute atomic E-state index is 10.8. The maximum Gasteiger partial charge on any atom is 0.320 e. The number of hydrogen-bond donors (Lipinski definition) is 3. The fraction of sp³-hybridized carbons (Fsp3) is 0.150. The van der Waals surface area contributed by atoms with Crippen LogP contribution in [0, 0.1) is 0 Å². The van der Waals surface area contributed by atoms with E-state index in [1.807, 2.05) is 54.6 Å². The van der Waals surface area contributed by atoms with Gasteiger partial charge in [0, 0.05) is 11.6 Å². The van der Waals surface area contributed by atoms with Gasteiger partial charge in [0.1, 0.15) is 6.04 Å². The standard InChI is InChI=1S/C10H8N2O.C10H13NO2/c11-10(13)8-5-7-3-1-2-4-9(7)12-6-8;11-9(10(12)13)7-6-8-4-2-1-3-5-8/h1-6H,(H2,11,13);1-5,9H,6-7,11H2,(H,12,13)/t;9-/m.1/s1. The monoisotopic (exact) mass is 351 g/mol. The van der Waals surface area contributed by atoms with Gasteiger partial charge in [-0.3, -0.25) is 14.6 Å². The van der Waals surface area contributed by atoms with Gasteiger partial charge in [-0.2, -0.15) is 0 Å². The zero-order valence-electron chi connectivity index (χ0n) is 14.2. The molecule has 134 valence electrons. The van der Waals surface area contributed by atoms with Crippen molar-refractivity contribution in [1.29, 1.82) is 0 Å². The van der Waals surface area contributed by atoms with Crippen molar-refractivity contribution in [2.75, 3.05) is 0 Å². The number of fused-ring (bicyclic) bond motifs is 1. The quantitative estimate of drug-likeness (QED) is 0.652. The Hall–Kier alpha value is -3.25. The lowest BCUT2D eigenvalue weighted by atomic mass is 10.1. The van der Waals surface area contributed by atoms with Gasteiger partial charge in [0.2, 0.25) is 5.91 Å². The minimum absolute atomic E-state index is 0.443. The summed E-state index contributed by atoms with van der Waals surface area (Å²) in [5.41, 5.74) is 12.9. The molecule has 0 fully saturated rings. The third-order valence-corrected chi connectivity index (χ3v) is 3.78. The number of amides is 1. The van der Waals surface area contributed by atoms with Crippen LogP contribution in [-0.2, 0) is 11.2 Å². The van der Waals surface area contributed by atoms with Crippen LogP contribution < -0.4 is 11.5 Å². The van der Waals surface area contributed by atoms with Crippen molar-refractivity contribution in [3.8, 4) is 0 Å². The number of para-hydroxylation sites is 1. The molecule has 26 heavy (non-hydrogen) atoms. The van der Waals surface area contributed by atoms with Gasteiger partial charge in [-0.25, -0.2) is 0 Å². The second kappa shape index (κ2) is 9.29. The number of pyridine rings is 1. The third-order valence-electron chi connectivity index (χ3n) is 3.78. The van der Waals surface area contributed by atoms with E-state index in [2.05, 4.69) is 4.98 Å². The molecule has 0 spiro atoms. The van der Waals surface area contributed by atoms with Gasteiger partial charge in [0.25, 0.3) is 0 Å². The Kier molecular flexibility index (Phi) is 6.82. The second-order valence-electron chi connectivity index (χ2n) is 5.75. The van der Waals surface area contributed by atoms with E-state index in [1.165, 1.54) is 6.20 Å². The Morgan fingerprint density at radius 1 is 1.04 bits per heavy atom. The zero-order valence-corrected chi connectivity index (χ0v) is 14.2. The predicted octanol–water partition coefficient (Wildman–Crippen LogP) is 2.36. The lowest BCUT2D eigenvalue weighted by Crippen LogP contribution is -2.30. The molecule has 0 bridgehead atoms. The van der Waals surface area contributed by atoms with Crippen LogP contribution in [0.25, 0.3) is 10.9 Å². The Morgan fingerprint density at radius 2 is 1.69 bits per heavy atom. The van der Waals surface area contributed by atoms with Crippen LogP contribution in [0.2, 0.25) is 0 Å². The van der Waals surface area contributed by atoms with Crippen molar-refractivity contribution in [1.82, 2.24) is 4.98 Å². The van der Waals surface area contributed by atoms with Gasteiger partial charge >= 0.3 is 5.97 Å². The number of carboxylic acid groups (broad SMARTS) is 1. The number of benzene rings is 2. The minimum Gasteiger partial charge on any atom is -0.480 e. The Balaban J connectivity index is 0.000000187. The Bertz CT molecular complexity index is 882. The van der Waals surface area contributed by atoms with Crippen LogP contribution in [0.1, 0.15) is 22.3 Å². The van der Waals surface area contributed by atoms with Gasteiger partial charge in [-0.1, -0.05) is 48.5 Å². The van der Waals surface area contributed by atoms with Crippen molar-refractivity contribution in [2.45, 2.75) is 18.9 Å². The summed E-state index contributed by atoms with van der Waals surface area (Å²) in [7, 11) is 0. The smallest absolute Gasteiger partial charge is 0.320 e. The molecule has 1 amide bonds. The van der Waals surface area contributed by atoms with Gasteiger partial charge < -0.3 is 16.6 Å². The number of nitrogens with two attached hydrogens (primary N) is 2. The SMILES string of the molecule is NC(=O)c1cnc2ccccc2c1.N[C@H](CCc1ccccc1)C(=O)O. The lowest BCUT2D eigenvalue weighted by molar-refractivity contribution is -0.138. The number of nitrogens with zero attached hydrogens (tertiary/aromatic N) is 1. The van der Waals surface area contributed by atoms with Crippen LogP contribution in [0.4, 0.5) is 0 Å². The molecule has 0 unspecified atom stereocenters. The van der Waals surface area contributed by atoms with E-state index < -0.39 is 17.9 Å². The lowest BCUT2D eigenvalue weighted by Gasteiger charge is -2.05. The van der Waals surface area contributed by atoms with E-state index in [-0.39, 0.29) is 0 Å². The first kappa shape index (κ1) is 19.1. The van der Waals surface area contributed by atoms with Crippen LogP contribution >= 0.6 is 0 Å². The number of aliphatic carboxylic acids is 1. The first-order valence-electron chi connectivity index (χ1n) is 8.14. The average Bonchev–Trinajstić information content (AvgIpc) is 2.67. The van der Waals surface area contributed by atoms with Crippen molar-refractivity contribution in [3.63, 3.8) is 0 Å². The maximum atomic E-state index is 10.8. The van der Waals surface area contributed by atoms with Crippen LogP contribution in [0.15, 0.2) is 66.9 Å². The molecule has 0 saturated heterocycles. The summed E-state index contributed by atoms with van der Waals surface area (Å²) in [6.07, 6.45) is 2.69. The van der Waals surface area contributed by atoms with Crippen molar-refractivity contribution >= 4 is 22.8 Å². The number of carbonyl (C=O) groups is 2. The van der Waals surface area contributed by atoms with Crippen molar-refractivity contribution in [2.24, 2.45) is 11.5 Å². The number of aryl methyl sites for hydroxylation is 1. The molecule has 2 aromatic carbocycles. The normalized spacial score (nSPS) is 11.3. The molecule has 0 aliphatic carbocycles. The molecule has 0 aliphatic rings. The van der Waals surface area contributed by atoms with Crippen LogP contribution in [0.5, 0.6) is 0 Å². The van der Waals surface area contributed by atoms with Crippen molar-refractivity contribution in [3.05, 3.63) is 78.0 Å². The van der Waals surface area contributed by atoms with E-state index in [0.29, 0.717) is 18.4 Å². The molecule has 3 rings (SSSR count). The van der Waals surface area contributed by atoms with Gasteiger partial charge in [0.15, 0.2) is 0 Å². The molecule has 0 aliphatic heterocycles. The van der Waals surface area contributed by atoms with Crippen molar-refractivity contribution < 1.29 is 14.7 Å². The molecule has 1 atom stereocenters. The van der Waals surface area contributed by atoms with E-state index in [0.717, 1.165) is 16.5 Å². The summed E-state index contributed by atoms with van der Waals surface area (Å²) in [6, 6.07) is 18.3. The van der Waals surface area contributed by atoms with E-state index in [1.54, 1.807) is 6.07 Å². The molecule has 1 heterocycles. The Labute approximate surface area is 151 Å². The highest BCUT2D eigenvalue weighted by Crippen LogP contribution is 2.11. The van der Waals surface area contributed by atoms with Gasteiger partial charge in [-0.05, 0) is 30.5 Å². The highest BCUT2D eigenvalue weighted by Gasteiger charge is 2.10. The zero-order chi connectivity index (χ0) is 18.9. The molecule has 0 radical (unpaired) electrons. The summed E-state index contributed by atoms with van der Waals surface area (Å²) in [5, 5.41) is 9.46. The van der Waals surface area contributed by atoms with Gasteiger partial charge in [0.05, 0.1) is 11.1 Å². The molecule has 0 saturated carbocycles. The van der Waals surface area contributed by atoms with Crippen LogP contribution in [-0.4, -0.2) is 28.0 Å². The fourth-order valence-corrected chi connectivity index (χ4v) is 2.30. The van der Waals surface area contributed by atoms with E-state index in [4.69, 9.17) is 16.6 Å². The number of primary amides is 1. The molecule has 3 aromatic rings. The molecular weight excluding hydrogens is 330 g/mol. The van der Waals surface area contributed by atoms with Gasteiger partial charge in [-0.15, -0.1) is 0 Å². The number of rotatable bonds is 5. The Morgan fingerprint density at radius 3 is 2.35 bits per heavy atom. The highest BCUT2D eigenvalue weighted by atomic mass is 16.4. The number of aromatic nitrogens is 1. The molecule has 6 nitrogen and oxygen atoms in total. The van der Waals surface area contributed by atoms with E-state index >= 15 is 0 Å². The molecule has 1 aromatic heterocycles. The third kappa shape index (κ3) is 5.68. The summed E-state index contributed by atoms with van der Waals surface area (Å²) in [5.74, 6) is -1.38. The largest absolute Gasteiger partial charge is 0.480 e. The first-order valence-corrected chi connectivity index (χ1v) is 8.14.